The molecule has 0 amide bonds. The first-order valence-corrected chi connectivity index (χ1v) is 8.82. The Morgan fingerprint density at radius 3 is 2.50 bits per heavy atom. The van der Waals surface area contributed by atoms with Crippen molar-refractivity contribution in [2.75, 3.05) is 18.4 Å². The molecule has 0 saturated carbocycles. The van der Waals surface area contributed by atoms with Crippen molar-refractivity contribution in [1.82, 2.24) is 4.72 Å². The minimum absolute atomic E-state index is 0.369. The Morgan fingerprint density at radius 2 is 1.85 bits per heavy atom. The van der Waals surface area contributed by atoms with Crippen LogP contribution in [0.4, 0.5) is 5.69 Å². The lowest BCUT2D eigenvalue weighted by Gasteiger charge is -2.09. The number of benzene rings is 1. The van der Waals surface area contributed by atoms with Crippen molar-refractivity contribution in [2.24, 2.45) is 0 Å². The Morgan fingerprint density at radius 1 is 1.15 bits per heavy atom. The highest BCUT2D eigenvalue weighted by atomic mass is 35.5. The summed E-state index contributed by atoms with van der Waals surface area (Å²) in [5.74, 6) is 0. The van der Waals surface area contributed by atoms with Crippen molar-refractivity contribution >= 4 is 27.3 Å². The fraction of sp³-hybridized carbons (Fsp3) is 0.571. The Balaban J connectivity index is 2.09. The normalized spacial score (nSPS) is 11.8. The topological polar surface area (TPSA) is 58.2 Å². The smallest absolute Gasteiger partial charge is 0.213 e. The van der Waals surface area contributed by atoms with Crippen molar-refractivity contribution in [3.05, 3.63) is 29.3 Å². The lowest BCUT2D eigenvalue weighted by atomic mass is 10.2. The molecule has 0 unspecified atom stereocenters. The van der Waals surface area contributed by atoms with E-state index in [1.165, 1.54) is 0 Å². The van der Waals surface area contributed by atoms with E-state index >= 15 is 0 Å². The molecular formula is C14H23ClN2O2S. The lowest BCUT2D eigenvalue weighted by Crippen LogP contribution is -2.31. The molecular weight excluding hydrogens is 296 g/mol. The first-order valence-electron chi connectivity index (χ1n) is 6.90. The van der Waals surface area contributed by atoms with Crippen molar-refractivity contribution in [3.63, 3.8) is 0 Å². The predicted octanol–water partition coefficient (Wildman–Crippen LogP) is 3.25. The Hall–Kier alpha value is -0.780. The van der Waals surface area contributed by atoms with Gasteiger partial charge in [-0.25, -0.2) is 13.1 Å². The number of hydrogen-bond donors (Lipinski definition) is 2. The maximum absolute atomic E-state index is 11.5. The summed E-state index contributed by atoms with van der Waals surface area (Å²) in [6, 6.07) is 7.61. The summed E-state index contributed by atoms with van der Waals surface area (Å²) in [6.07, 6.45) is 2.83. The summed E-state index contributed by atoms with van der Waals surface area (Å²) >= 11 is 5.89. The molecule has 1 aromatic rings. The highest BCUT2D eigenvalue weighted by Gasteiger charge is 2.13. The number of rotatable bonds is 9. The van der Waals surface area contributed by atoms with E-state index in [-0.39, 0.29) is 5.25 Å². The standard InChI is InChI=1S/C14H23ClN2O2S/c1-12(2)20(18,19)17-10-5-3-4-9-16-14-8-6-7-13(15)11-14/h6-8,11-12,16-17H,3-5,9-10H2,1-2H3. The highest BCUT2D eigenvalue weighted by molar-refractivity contribution is 7.90. The van der Waals surface area contributed by atoms with E-state index in [2.05, 4.69) is 10.0 Å². The molecule has 0 aliphatic heterocycles. The Labute approximate surface area is 127 Å². The fourth-order valence-corrected chi connectivity index (χ4v) is 2.59. The average molecular weight is 319 g/mol. The quantitative estimate of drug-likeness (QED) is 0.687. The molecule has 0 spiro atoms. The van der Waals surface area contributed by atoms with Crippen LogP contribution < -0.4 is 10.0 Å². The van der Waals surface area contributed by atoms with Crippen LogP contribution >= 0.6 is 11.6 Å². The van der Waals surface area contributed by atoms with E-state index in [0.29, 0.717) is 6.54 Å². The van der Waals surface area contributed by atoms with Gasteiger partial charge in [0.25, 0.3) is 0 Å². The first kappa shape index (κ1) is 17.3. The van der Waals surface area contributed by atoms with Gasteiger partial charge in [-0.05, 0) is 44.9 Å². The van der Waals surface area contributed by atoms with Gasteiger partial charge in [0.05, 0.1) is 5.25 Å². The summed E-state index contributed by atoms with van der Waals surface area (Å²) in [5, 5.41) is 3.64. The van der Waals surface area contributed by atoms with Gasteiger partial charge in [0.1, 0.15) is 0 Å². The number of unbranched alkanes of at least 4 members (excludes halogenated alkanes) is 2. The molecule has 2 N–H and O–H groups in total. The highest BCUT2D eigenvalue weighted by Crippen LogP contribution is 2.14. The summed E-state index contributed by atoms with van der Waals surface area (Å²) in [5.41, 5.74) is 1.01. The largest absolute Gasteiger partial charge is 0.385 e. The third kappa shape index (κ3) is 6.59. The summed E-state index contributed by atoms with van der Waals surface area (Å²) in [6.45, 7) is 4.73. The van der Waals surface area contributed by atoms with Crippen LogP contribution in [0.3, 0.4) is 0 Å². The fourth-order valence-electron chi connectivity index (χ4n) is 1.64. The van der Waals surface area contributed by atoms with Crippen LogP contribution in [-0.4, -0.2) is 26.8 Å². The van der Waals surface area contributed by atoms with Gasteiger partial charge in [-0.15, -0.1) is 0 Å². The van der Waals surface area contributed by atoms with Crippen molar-refractivity contribution < 1.29 is 8.42 Å². The monoisotopic (exact) mass is 318 g/mol. The van der Waals surface area contributed by atoms with Gasteiger partial charge in [-0.2, -0.15) is 0 Å². The second-order valence-electron chi connectivity index (χ2n) is 4.99. The van der Waals surface area contributed by atoms with Crippen LogP contribution in [0.2, 0.25) is 5.02 Å². The van der Waals surface area contributed by atoms with Gasteiger partial charge < -0.3 is 5.32 Å². The van der Waals surface area contributed by atoms with Crippen LogP contribution in [0.5, 0.6) is 0 Å². The van der Waals surface area contributed by atoms with Crippen LogP contribution in [-0.2, 0) is 10.0 Å². The summed E-state index contributed by atoms with van der Waals surface area (Å²) in [4.78, 5) is 0. The third-order valence-electron chi connectivity index (χ3n) is 2.93. The van der Waals surface area contributed by atoms with Crippen LogP contribution in [0, 0.1) is 0 Å². The minimum atomic E-state index is -3.12. The molecule has 6 heteroatoms. The number of sulfonamides is 1. The van der Waals surface area contributed by atoms with Crippen LogP contribution in [0.15, 0.2) is 24.3 Å². The van der Waals surface area contributed by atoms with E-state index < -0.39 is 10.0 Å². The van der Waals surface area contributed by atoms with Gasteiger partial charge in [0.15, 0.2) is 0 Å². The second kappa shape index (κ2) is 8.49. The molecule has 114 valence electrons. The van der Waals surface area contributed by atoms with Crippen molar-refractivity contribution in [2.45, 2.75) is 38.4 Å². The first-order chi connectivity index (χ1) is 9.42. The zero-order valence-electron chi connectivity index (χ0n) is 12.0. The van der Waals surface area contributed by atoms with E-state index in [9.17, 15) is 8.42 Å². The van der Waals surface area contributed by atoms with Gasteiger partial charge in [-0.3, -0.25) is 0 Å². The molecule has 0 aliphatic rings. The lowest BCUT2D eigenvalue weighted by molar-refractivity contribution is 0.566. The maximum atomic E-state index is 11.5. The molecule has 0 saturated heterocycles. The zero-order valence-corrected chi connectivity index (χ0v) is 13.6. The van der Waals surface area contributed by atoms with Crippen LogP contribution in [0.25, 0.3) is 0 Å². The van der Waals surface area contributed by atoms with E-state index in [1.54, 1.807) is 13.8 Å². The summed E-state index contributed by atoms with van der Waals surface area (Å²) < 4.78 is 25.6. The molecule has 0 fully saturated rings. The van der Waals surface area contributed by atoms with Gasteiger partial charge in [0.2, 0.25) is 10.0 Å². The summed E-state index contributed by atoms with van der Waals surface area (Å²) in [7, 11) is -3.12. The predicted molar refractivity (Wildman–Crippen MR) is 85.9 cm³/mol. The zero-order chi connectivity index (χ0) is 15.0. The molecule has 0 heterocycles. The SMILES string of the molecule is CC(C)S(=O)(=O)NCCCCCNc1cccc(Cl)c1. The molecule has 0 aromatic heterocycles. The Kier molecular flexibility index (Phi) is 7.34. The molecule has 0 radical (unpaired) electrons. The third-order valence-corrected chi connectivity index (χ3v) is 5.01. The molecule has 0 aliphatic carbocycles. The second-order valence-corrected chi connectivity index (χ2v) is 7.74. The van der Waals surface area contributed by atoms with E-state index in [1.807, 2.05) is 24.3 Å². The molecule has 0 atom stereocenters. The Bertz CT molecular complexity index is 504. The number of nitrogens with one attached hydrogen (secondary N) is 2. The van der Waals surface area contributed by atoms with Crippen molar-refractivity contribution in [3.8, 4) is 0 Å². The molecule has 1 rings (SSSR count). The number of anilines is 1. The maximum Gasteiger partial charge on any atom is 0.213 e. The molecule has 4 nitrogen and oxygen atoms in total. The number of halogens is 1. The molecule has 0 bridgehead atoms. The van der Waals surface area contributed by atoms with E-state index in [4.69, 9.17) is 11.6 Å². The number of hydrogen-bond acceptors (Lipinski definition) is 3. The van der Waals surface area contributed by atoms with E-state index in [0.717, 1.165) is 36.5 Å². The van der Waals surface area contributed by atoms with Gasteiger partial charge >= 0.3 is 0 Å². The average Bonchev–Trinajstić information content (AvgIpc) is 2.37. The van der Waals surface area contributed by atoms with Crippen LogP contribution in [0.1, 0.15) is 33.1 Å². The minimum Gasteiger partial charge on any atom is -0.385 e. The molecule has 1 aromatic carbocycles. The van der Waals surface area contributed by atoms with Gasteiger partial charge in [0, 0.05) is 23.8 Å². The van der Waals surface area contributed by atoms with Gasteiger partial charge in [-0.1, -0.05) is 24.1 Å². The molecule has 20 heavy (non-hydrogen) atoms. The van der Waals surface area contributed by atoms with Crippen molar-refractivity contribution in [1.29, 1.82) is 0 Å².